The molecule has 4 rings (SSSR count). The number of rotatable bonds is 8. The van der Waals surface area contributed by atoms with Crippen LogP contribution in [0.5, 0.6) is 0 Å². The predicted octanol–water partition coefficient (Wildman–Crippen LogP) is 3.33. The number of fused-ring (bicyclic) bond motifs is 3. The summed E-state index contributed by atoms with van der Waals surface area (Å²) in [5, 5.41) is 3.85. The van der Waals surface area contributed by atoms with E-state index in [0.717, 1.165) is 42.6 Å². The minimum absolute atomic E-state index is 0.0222. The van der Waals surface area contributed by atoms with Crippen LogP contribution < -0.4 is 10.9 Å². The summed E-state index contributed by atoms with van der Waals surface area (Å²) in [6.07, 6.45) is 8.35. The van der Waals surface area contributed by atoms with Crippen molar-refractivity contribution in [1.29, 1.82) is 0 Å². The Morgan fingerprint density at radius 3 is 2.87 bits per heavy atom. The molecule has 3 heterocycles. The van der Waals surface area contributed by atoms with E-state index in [1.54, 1.807) is 11.3 Å². The number of likely N-dealkylation sites (tertiary alicyclic amines) is 1. The van der Waals surface area contributed by atoms with Crippen molar-refractivity contribution in [3.05, 3.63) is 26.6 Å². The maximum atomic E-state index is 12.6. The lowest BCUT2D eigenvalue weighted by Gasteiger charge is -2.29. The second kappa shape index (κ2) is 10.3. The zero-order valence-corrected chi connectivity index (χ0v) is 19.4. The number of nitrogens with zero attached hydrogens (tertiary/aromatic N) is 2. The van der Waals surface area contributed by atoms with Crippen LogP contribution in [-0.2, 0) is 23.4 Å². The summed E-state index contributed by atoms with van der Waals surface area (Å²) in [4.78, 5) is 37.1. The van der Waals surface area contributed by atoms with Crippen LogP contribution in [0.2, 0.25) is 0 Å². The third kappa shape index (κ3) is 5.45. The lowest BCUT2D eigenvalue weighted by atomic mass is 9.97. The lowest BCUT2D eigenvalue weighted by molar-refractivity contribution is -0.118. The number of hydrogen-bond donors (Lipinski definition) is 2. The largest absolute Gasteiger partial charge is 0.355 e. The number of aryl methyl sites for hydroxylation is 2. The molecule has 1 fully saturated rings. The molecule has 1 aliphatic carbocycles. The van der Waals surface area contributed by atoms with Gasteiger partial charge in [0.05, 0.1) is 16.9 Å². The first-order chi connectivity index (χ1) is 14.6. The van der Waals surface area contributed by atoms with Gasteiger partial charge in [0, 0.05) is 18.0 Å². The van der Waals surface area contributed by atoms with Gasteiger partial charge in [0.15, 0.2) is 0 Å². The molecule has 0 spiro atoms. The van der Waals surface area contributed by atoms with Gasteiger partial charge in [-0.3, -0.25) is 9.59 Å². The van der Waals surface area contributed by atoms with Crippen molar-refractivity contribution in [3.8, 4) is 0 Å². The molecule has 1 amide bonds. The van der Waals surface area contributed by atoms with E-state index in [2.05, 4.69) is 27.1 Å². The number of amides is 1. The number of aromatic nitrogens is 2. The Morgan fingerprint density at radius 2 is 2.03 bits per heavy atom. The van der Waals surface area contributed by atoms with Gasteiger partial charge in [-0.15, -0.1) is 23.1 Å². The number of hydrogen-bond acceptors (Lipinski definition) is 6. The number of thioether (sulfide) groups is 1. The molecule has 0 aromatic carbocycles. The van der Waals surface area contributed by atoms with E-state index in [4.69, 9.17) is 0 Å². The summed E-state index contributed by atoms with van der Waals surface area (Å²) in [5.74, 6) is 2.12. The summed E-state index contributed by atoms with van der Waals surface area (Å²) in [6.45, 7) is 6.36. The predicted molar refractivity (Wildman–Crippen MR) is 126 cm³/mol. The molecule has 1 aliphatic heterocycles. The molecule has 2 aromatic heterocycles. The molecule has 30 heavy (non-hydrogen) atoms. The second-order valence-electron chi connectivity index (χ2n) is 8.67. The van der Waals surface area contributed by atoms with Gasteiger partial charge in [-0.1, -0.05) is 13.3 Å². The molecule has 0 bridgehead atoms. The molecule has 6 nitrogen and oxygen atoms in total. The Hall–Kier alpha value is -1.38. The molecular formula is C22H32N4O2S2. The Labute approximate surface area is 186 Å². The summed E-state index contributed by atoms with van der Waals surface area (Å²) >= 11 is 3.17. The minimum atomic E-state index is -0.0222. The average Bonchev–Trinajstić information content (AvgIpc) is 3.12. The number of carbonyl (C=O) groups is 1. The van der Waals surface area contributed by atoms with Crippen LogP contribution in [0.3, 0.4) is 0 Å². The highest BCUT2D eigenvalue weighted by Gasteiger charge is 2.20. The minimum Gasteiger partial charge on any atom is -0.355 e. The van der Waals surface area contributed by atoms with Crippen LogP contribution in [0.25, 0.3) is 10.2 Å². The first kappa shape index (κ1) is 21.8. The van der Waals surface area contributed by atoms with Crippen LogP contribution in [0, 0.1) is 5.92 Å². The maximum Gasteiger partial charge on any atom is 0.259 e. The molecule has 2 N–H and O–H groups in total. The van der Waals surface area contributed by atoms with Crippen LogP contribution in [0.15, 0.2) is 4.79 Å². The van der Waals surface area contributed by atoms with Gasteiger partial charge in [0.2, 0.25) is 5.91 Å². The van der Waals surface area contributed by atoms with Crippen molar-refractivity contribution in [2.45, 2.75) is 57.6 Å². The standard InChI is InChI=1S/C22H32N4O2S2/c1-15(12-26-9-5-2-6-10-26)11-23-19(27)14-29-13-18-24-21(28)20-16-7-3-4-8-17(16)30-22(20)25-18/h15H,2-14H2,1H3,(H,23,27)(H,24,25,28). The molecule has 1 saturated heterocycles. The Balaban J connectivity index is 1.23. The fourth-order valence-corrected chi connectivity index (χ4v) is 6.50. The quantitative estimate of drug-likeness (QED) is 0.648. The van der Waals surface area contributed by atoms with E-state index in [-0.39, 0.29) is 11.5 Å². The number of thiophene rings is 1. The molecular weight excluding hydrogens is 416 g/mol. The monoisotopic (exact) mass is 448 g/mol. The fourth-order valence-electron chi connectivity index (χ4n) is 4.50. The third-order valence-electron chi connectivity index (χ3n) is 6.01. The molecule has 1 atom stereocenters. The number of carbonyl (C=O) groups excluding carboxylic acids is 1. The van der Waals surface area contributed by atoms with Gasteiger partial charge < -0.3 is 15.2 Å². The fraction of sp³-hybridized carbons (Fsp3) is 0.682. The Bertz CT molecular complexity index is 933. The molecule has 164 valence electrons. The van der Waals surface area contributed by atoms with Crippen LogP contribution in [0.4, 0.5) is 0 Å². The van der Waals surface area contributed by atoms with Crippen LogP contribution in [0.1, 0.15) is 55.3 Å². The van der Waals surface area contributed by atoms with E-state index < -0.39 is 0 Å². The highest BCUT2D eigenvalue weighted by molar-refractivity contribution is 7.99. The van der Waals surface area contributed by atoms with E-state index in [1.165, 1.54) is 61.0 Å². The maximum absolute atomic E-state index is 12.6. The number of nitrogens with one attached hydrogen (secondary N) is 2. The molecule has 8 heteroatoms. The highest BCUT2D eigenvalue weighted by Crippen LogP contribution is 2.33. The van der Waals surface area contributed by atoms with Gasteiger partial charge in [0.25, 0.3) is 5.56 Å². The molecule has 0 radical (unpaired) electrons. The number of aromatic amines is 1. The van der Waals surface area contributed by atoms with E-state index in [0.29, 0.717) is 23.2 Å². The van der Waals surface area contributed by atoms with Crippen molar-refractivity contribution < 1.29 is 4.79 Å². The lowest BCUT2D eigenvalue weighted by Crippen LogP contribution is -2.38. The van der Waals surface area contributed by atoms with E-state index in [9.17, 15) is 9.59 Å². The van der Waals surface area contributed by atoms with Crippen LogP contribution >= 0.6 is 23.1 Å². The first-order valence-electron chi connectivity index (χ1n) is 11.2. The molecule has 0 saturated carbocycles. The smallest absolute Gasteiger partial charge is 0.259 e. The third-order valence-corrected chi connectivity index (χ3v) is 8.14. The zero-order valence-electron chi connectivity index (χ0n) is 17.8. The van der Waals surface area contributed by atoms with E-state index >= 15 is 0 Å². The van der Waals surface area contributed by atoms with Crippen molar-refractivity contribution in [2.24, 2.45) is 5.92 Å². The van der Waals surface area contributed by atoms with Crippen molar-refractivity contribution in [3.63, 3.8) is 0 Å². The SMILES string of the molecule is CC(CNC(=O)CSCc1nc2sc3c(c2c(=O)[nH]1)CCCC3)CN1CCCCC1. The Kier molecular flexibility index (Phi) is 7.49. The van der Waals surface area contributed by atoms with Gasteiger partial charge in [-0.2, -0.15) is 0 Å². The van der Waals surface area contributed by atoms with Gasteiger partial charge in [0.1, 0.15) is 10.7 Å². The van der Waals surface area contributed by atoms with Crippen molar-refractivity contribution in [2.75, 3.05) is 31.9 Å². The van der Waals surface area contributed by atoms with Gasteiger partial charge >= 0.3 is 0 Å². The first-order valence-corrected chi connectivity index (χ1v) is 13.2. The topological polar surface area (TPSA) is 78.1 Å². The summed E-state index contributed by atoms with van der Waals surface area (Å²) in [7, 11) is 0. The van der Waals surface area contributed by atoms with Gasteiger partial charge in [-0.25, -0.2) is 4.98 Å². The summed E-state index contributed by atoms with van der Waals surface area (Å²) < 4.78 is 0. The van der Waals surface area contributed by atoms with Gasteiger partial charge in [-0.05, 0) is 63.1 Å². The highest BCUT2D eigenvalue weighted by atomic mass is 32.2. The second-order valence-corrected chi connectivity index (χ2v) is 10.7. The number of piperidine rings is 1. The van der Waals surface area contributed by atoms with Crippen LogP contribution in [-0.4, -0.2) is 52.7 Å². The normalized spacial score (nSPS) is 18.3. The van der Waals surface area contributed by atoms with E-state index in [1.807, 2.05) is 0 Å². The molecule has 2 aliphatic rings. The Morgan fingerprint density at radius 1 is 1.23 bits per heavy atom. The van der Waals surface area contributed by atoms with Crippen molar-refractivity contribution in [1.82, 2.24) is 20.2 Å². The molecule has 1 unspecified atom stereocenters. The zero-order chi connectivity index (χ0) is 20.9. The molecule has 2 aromatic rings. The summed E-state index contributed by atoms with van der Waals surface area (Å²) in [6, 6.07) is 0. The number of H-pyrrole nitrogens is 1. The summed E-state index contributed by atoms with van der Waals surface area (Å²) in [5.41, 5.74) is 1.19. The van der Waals surface area contributed by atoms with Crippen molar-refractivity contribution >= 4 is 39.2 Å². The average molecular weight is 449 g/mol.